The van der Waals surface area contributed by atoms with Gasteiger partial charge in [-0.15, -0.1) is 0 Å². The summed E-state index contributed by atoms with van der Waals surface area (Å²) in [5.74, 6) is -0.881. The molecule has 2 heterocycles. The van der Waals surface area contributed by atoms with Crippen LogP contribution in [0.2, 0.25) is 0 Å². The van der Waals surface area contributed by atoms with Gasteiger partial charge in [-0.2, -0.15) is 5.10 Å². The van der Waals surface area contributed by atoms with Crippen LogP contribution in [0.3, 0.4) is 0 Å². The van der Waals surface area contributed by atoms with Crippen molar-refractivity contribution in [2.24, 2.45) is 16.3 Å². The average molecular weight is 430 g/mol. The van der Waals surface area contributed by atoms with Gasteiger partial charge in [0.05, 0.1) is 24.5 Å². The second-order valence-electron chi connectivity index (χ2n) is 8.97. The Kier molecular flexibility index (Phi) is 6.47. The molecule has 2 aliphatic heterocycles. The van der Waals surface area contributed by atoms with Gasteiger partial charge in [0, 0.05) is 26.6 Å². The molecule has 0 radical (unpaired) electrons. The molecule has 2 atom stereocenters. The van der Waals surface area contributed by atoms with Crippen LogP contribution < -0.4 is 11.1 Å². The maximum absolute atomic E-state index is 13.3. The molecule has 31 heavy (non-hydrogen) atoms. The zero-order chi connectivity index (χ0) is 22.8. The first-order valence-electron chi connectivity index (χ1n) is 10.4. The van der Waals surface area contributed by atoms with Crippen molar-refractivity contribution in [1.82, 2.24) is 15.2 Å². The third-order valence-electron chi connectivity index (χ3n) is 5.70. The van der Waals surface area contributed by atoms with Crippen LogP contribution >= 0.6 is 0 Å². The number of ether oxygens (including phenoxy) is 1. The first kappa shape index (κ1) is 22.9. The molecule has 3 N–H and O–H groups in total. The highest BCUT2D eigenvalue weighted by molar-refractivity contribution is 6.13. The number of nitrogens with one attached hydrogen (secondary N) is 1. The molecule has 1 fully saturated rings. The highest BCUT2D eigenvalue weighted by Gasteiger charge is 2.50. The summed E-state index contributed by atoms with van der Waals surface area (Å²) < 4.78 is 5.76. The fourth-order valence-corrected chi connectivity index (χ4v) is 3.80. The molecule has 3 amide bonds. The summed E-state index contributed by atoms with van der Waals surface area (Å²) in [6, 6.07) is 8.66. The maximum Gasteiger partial charge on any atom is 0.255 e. The van der Waals surface area contributed by atoms with E-state index in [2.05, 4.69) is 10.4 Å². The van der Waals surface area contributed by atoms with Gasteiger partial charge in [0.2, 0.25) is 11.8 Å². The van der Waals surface area contributed by atoms with Crippen LogP contribution in [0.25, 0.3) is 0 Å². The van der Waals surface area contributed by atoms with E-state index in [-0.39, 0.29) is 25.0 Å². The standard InChI is InChI=1S/C22H31N5O4/c1-21(2,23)19(29)24-16(13-31-12-15-8-6-5-7-9-15)18(28)27-11-10-17-22(3,14-27)20(30)26(4)25-17/h5-9,16H,10-14,23H2,1-4H3,(H,24,29)/t16?,22-/m0/s1. The number of piperidine rings is 1. The summed E-state index contributed by atoms with van der Waals surface area (Å²) in [6.45, 7) is 5.90. The van der Waals surface area contributed by atoms with Crippen molar-refractivity contribution in [2.75, 3.05) is 26.7 Å². The molecule has 2 aliphatic rings. The second-order valence-corrected chi connectivity index (χ2v) is 8.97. The van der Waals surface area contributed by atoms with Gasteiger partial charge < -0.3 is 20.7 Å². The summed E-state index contributed by atoms with van der Waals surface area (Å²) >= 11 is 0. The number of rotatable bonds is 7. The van der Waals surface area contributed by atoms with Gasteiger partial charge in [0.25, 0.3) is 5.91 Å². The van der Waals surface area contributed by atoms with E-state index < -0.39 is 22.9 Å². The average Bonchev–Trinajstić information content (AvgIpc) is 2.95. The molecule has 1 aromatic rings. The Morgan fingerprint density at radius 1 is 1.32 bits per heavy atom. The van der Waals surface area contributed by atoms with Gasteiger partial charge in [-0.25, -0.2) is 5.01 Å². The Labute approximate surface area is 182 Å². The van der Waals surface area contributed by atoms with Crippen LogP contribution in [0.4, 0.5) is 0 Å². The number of likely N-dealkylation sites (tertiary alicyclic amines) is 1. The third kappa shape index (κ3) is 4.94. The number of nitrogens with zero attached hydrogens (tertiary/aromatic N) is 3. The van der Waals surface area contributed by atoms with Gasteiger partial charge in [0.1, 0.15) is 11.5 Å². The highest BCUT2D eigenvalue weighted by Crippen LogP contribution is 2.34. The minimum atomic E-state index is -1.14. The predicted octanol–water partition coefficient (Wildman–Crippen LogP) is 0.492. The molecular weight excluding hydrogens is 398 g/mol. The molecule has 168 valence electrons. The van der Waals surface area contributed by atoms with Crippen LogP contribution in [0.5, 0.6) is 0 Å². The third-order valence-corrected chi connectivity index (χ3v) is 5.70. The van der Waals surface area contributed by atoms with Crippen molar-refractivity contribution in [3.8, 4) is 0 Å². The Hall–Kier alpha value is -2.78. The molecule has 0 aromatic heterocycles. The SMILES string of the molecule is CN1N=C2CCN(C(=O)C(COCc3ccccc3)NC(=O)C(C)(C)N)C[C@]2(C)C1=O. The number of hydrogen-bond acceptors (Lipinski definition) is 6. The van der Waals surface area contributed by atoms with Gasteiger partial charge in [-0.05, 0) is 26.3 Å². The van der Waals surface area contributed by atoms with Crippen LogP contribution in [0, 0.1) is 5.41 Å². The van der Waals surface area contributed by atoms with Crippen molar-refractivity contribution >= 4 is 23.4 Å². The van der Waals surface area contributed by atoms with E-state index in [0.29, 0.717) is 19.6 Å². The topological polar surface area (TPSA) is 117 Å². The van der Waals surface area contributed by atoms with E-state index >= 15 is 0 Å². The van der Waals surface area contributed by atoms with Gasteiger partial charge in [-0.3, -0.25) is 14.4 Å². The molecule has 1 saturated heterocycles. The van der Waals surface area contributed by atoms with E-state index in [9.17, 15) is 14.4 Å². The molecular formula is C22H31N5O4. The largest absolute Gasteiger partial charge is 0.374 e. The van der Waals surface area contributed by atoms with E-state index in [4.69, 9.17) is 10.5 Å². The van der Waals surface area contributed by atoms with Crippen LogP contribution in [-0.4, -0.2) is 71.7 Å². The Morgan fingerprint density at radius 2 is 2.00 bits per heavy atom. The van der Waals surface area contributed by atoms with Gasteiger partial charge in [0.15, 0.2) is 0 Å². The quantitative estimate of drug-likeness (QED) is 0.654. The van der Waals surface area contributed by atoms with E-state index in [1.165, 1.54) is 5.01 Å². The van der Waals surface area contributed by atoms with Crippen molar-refractivity contribution in [1.29, 1.82) is 0 Å². The minimum absolute atomic E-state index is 0.00242. The lowest BCUT2D eigenvalue weighted by molar-refractivity contribution is -0.143. The molecule has 0 bridgehead atoms. The lowest BCUT2D eigenvalue weighted by atomic mass is 9.79. The molecule has 1 aromatic carbocycles. The number of fused-ring (bicyclic) bond motifs is 1. The number of carbonyl (C=O) groups is 3. The van der Waals surface area contributed by atoms with E-state index in [1.54, 1.807) is 32.7 Å². The summed E-state index contributed by atoms with van der Waals surface area (Å²) in [4.78, 5) is 40.0. The lowest BCUT2D eigenvalue weighted by Gasteiger charge is -2.38. The molecule has 3 rings (SSSR count). The Balaban J connectivity index is 1.71. The lowest BCUT2D eigenvalue weighted by Crippen LogP contribution is -2.60. The number of nitrogens with two attached hydrogens (primary N) is 1. The zero-order valence-corrected chi connectivity index (χ0v) is 18.6. The van der Waals surface area contributed by atoms with Crippen LogP contribution in [0.1, 0.15) is 32.8 Å². The van der Waals surface area contributed by atoms with Crippen molar-refractivity contribution in [2.45, 2.75) is 45.4 Å². The fraction of sp³-hybridized carbons (Fsp3) is 0.545. The molecule has 9 heteroatoms. The summed E-state index contributed by atoms with van der Waals surface area (Å²) in [6.07, 6.45) is 0.506. The Morgan fingerprint density at radius 3 is 2.65 bits per heavy atom. The number of hydrazone groups is 1. The Bertz CT molecular complexity index is 880. The molecule has 0 saturated carbocycles. The molecule has 9 nitrogen and oxygen atoms in total. The van der Waals surface area contributed by atoms with Crippen LogP contribution in [0.15, 0.2) is 35.4 Å². The fourth-order valence-electron chi connectivity index (χ4n) is 3.80. The smallest absolute Gasteiger partial charge is 0.255 e. The molecule has 0 spiro atoms. The van der Waals surface area contributed by atoms with E-state index in [1.807, 2.05) is 30.3 Å². The van der Waals surface area contributed by atoms with Crippen LogP contribution in [-0.2, 0) is 25.7 Å². The number of benzene rings is 1. The van der Waals surface area contributed by atoms with Gasteiger partial charge >= 0.3 is 0 Å². The second kappa shape index (κ2) is 8.76. The zero-order valence-electron chi connectivity index (χ0n) is 18.6. The van der Waals surface area contributed by atoms with Crippen molar-refractivity contribution in [3.63, 3.8) is 0 Å². The number of carbonyl (C=O) groups excluding carboxylic acids is 3. The highest BCUT2D eigenvalue weighted by atomic mass is 16.5. The van der Waals surface area contributed by atoms with E-state index in [0.717, 1.165) is 11.3 Å². The maximum atomic E-state index is 13.3. The van der Waals surface area contributed by atoms with Crippen molar-refractivity contribution in [3.05, 3.63) is 35.9 Å². The summed E-state index contributed by atoms with van der Waals surface area (Å²) in [7, 11) is 1.62. The minimum Gasteiger partial charge on any atom is -0.374 e. The monoisotopic (exact) mass is 429 g/mol. The van der Waals surface area contributed by atoms with Crippen molar-refractivity contribution < 1.29 is 19.1 Å². The predicted molar refractivity (Wildman–Crippen MR) is 116 cm³/mol. The first-order chi connectivity index (χ1) is 14.5. The van der Waals surface area contributed by atoms with Gasteiger partial charge in [-0.1, -0.05) is 30.3 Å². The summed E-state index contributed by atoms with van der Waals surface area (Å²) in [5.41, 5.74) is 5.67. The number of amides is 3. The summed E-state index contributed by atoms with van der Waals surface area (Å²) in [5, 5.41) is 8.38. The number of hydrogen-bond donors (Lipinski definition) is 2. The normalized spacial score (nSPS) is 22.1. The molecule has 1 unspecified atom stereocenters. The molecule has 0 aliphatic carbocycles. The first-order valence-corrected chi connectivity index (χ1v) is 10.4.